The quantitative estimate of drug-likeness (QED) is 0.0823. The Balaban J connectivity index is 1.14. The Hall–Kier alpha value is -4.75. The van der Waals surface area contributed by atoms with Crippen LogP contribution in [0.1, 0.15) is 91.6 Å². The summed E-state index contributed by atoms with van der Waals surface area (Å²) >= 11 is 12.6. The van der Waals surface area contributed by atoms with Gasteiger partial charge in [0.05, 0.1) is 11.0 Å². The van der Waals surface area contributed by atoms with Crippen molar-refractivity contribution in [2.45, 2.75) is 86.5 Å². The van der Waals surface area contributed by atoms with Crippen molar-refractivity contribution in [1.29, 1.82) is 0 Å². The highest BCUT2D eigenvalue weighted by molar-refractivity contribution is 6.31. The normalized spacial score (nSPS) is 11.9. The molecule has 7 rings (SSSR count). The number of nitrogens with one attached hydrogen (secondary N) is 1. The van der Waals surface area contributed by atoms with Crippen LogP contribution in [0.15, 0.2) is 97.3 Å². The van der Waals surface area contributed by atoms with E-state index in [-0.39, 0.29) is 5.91 Å². The van der Waals surface area contributed by atoms with Crippen molar-refractivity contribution in [3.8, 4) is 11.3 Å². The fourth-order valence-corrected chi connectivity index (χ4v) is 9.35. The van der Waals surface area contributed by atoms with Gasteiger partial charge in [-0.25, -0.2) is 0 Å². The smallest absolute Gasteiger partial charge is 0.253 e. The number of aromatic amines is 1. The van der Waals surface area contributed by atoms with Gasteiger partial charge in [-0.05, 0) is 173 Å². The minimum Gasteiger partial charge on any atom is -0.354 e. The molecule has 318 valence electrons. The van der Waals surface area contributed by atoms with Crippen molar-refractivity contribution in [3.63, 3.8) is 0 Å². The molecule has 8 heteroatoms. The summed E-state index contributed by atoms with van der Waals surface area (Å²) in [5.41, 5.74) is 12.5. The number of hydrogen-bond donors (Lipinski definition) is 1. The van der Waals surface area contributed by atoms with E-state index in [1.807, 2.05) is 47.6 Å². The molecule has 61 heavy (non-hydrogen) atoms. The third kappa shape index (κ3) is 11.4. The fraction of sp³-hybridized carbons (Fsp3) is 0.377. The van der Waals surface area contributed by atoms with Gasteiger partial charge in [-0.2, -0.15) is 0 Å². The van der Waals surface area contributed by atoms with Crippen LogP contribution in [-0.2, 0) is 19.3 Å². The van der Waals surface area contributed by atoms with Gasteiger partial charge in [-0.3, -0.25) is 14.8 Å². The number of hydrogen-bond acceptors (Lipinski definition) is 4. The Labute approximate surface area is 372 Å². The van der Waals surface area contributed by atoms with E-state index in [2.05, 4.69) is 116 Å². The van der Waals surface area contributed by atoms with Crippen molar-refractivity contribution < 1.29 is 4.79 Å². The summed E-state index contributed by atoms with van der Waals surface area (Å²) in [6, 6.07) is 29.4. The number of benzene rings is 4. The maximum absolute atomic E-state index is 14.2. The maximum Gasteiger partial charge on any atom is 0.253 e. The van der Waals surface area contributed by atoms with Gasteiger partial charge in [0.1, 0.15) is 0 Å². The van der Waals surface area contributed by atoms with Gasteiger partial charge in [0.15, 0.2) is 0 Å². The summed E-state index contributed by atoms with van der Waals surface area (Å²) < 4.78 is 0. The molecule has 0 bridgehead atoms. The molecule has 0 saturated carbocycles. The van der Waals surface area contributed by atoms with Gasteiger partial charge >= 0.3 is 0 Å². The SMILES string of the molecule is Cc1cc(C)cc(-c2[nH]c3ccc(C(=O)N(CC(C)C)CC(C)C)cc3c2CCN(CCCCc2ccnc3cc(Cl)ccc23)CCCCc2ccnc3cc(Cl)ccc23)c1. The summed E-state index contributed by atoms with van der Waals surface area (Å²) in [5.74, 6) is 0.895. The molecule has 0 aliphatic heterocycles. The largest absolute Gasteiger partial charge is 0.354 e. The standard InChI is InChI=1S/C53H61Cl2N5O/c1-35(2)33-60(34-36(3)4)53(61)41-13-18-49-48(30-41)47(52(58-49)42-28-37(5)27-38(6)29-42)21-26-59(24-9-7-11-39-19-22-56-50-31-43(54)14-16-45(39)50)25-10-8-12-40-20-23-57-51-32-44(55)15-17-46(40)51/h13-20,22-23,27-32,35-36,58H,7-12,21,24-26,33-34H2,1-6H3. The minimum atomic E-state index is 0.112. The molecule has 1 amide bonds. The molecule has 7 aromatic rings. The Morgan fingerprint density at radius 3 is 1.72 bits per heavy atom. The number of fused-ring (bicyclic) bond motifs is 3. The van der Waals surface area contributed by atoms with Crippen LogP contribution in [0.2, 0.25) is 10.0 Å². The summed E-state index contributed by atoms with van der Waals surface area (Å²) in [4.78, 5) is 31.8. The second kappa shape index (κ2) is 20.4. The lowest BCUT2D eigenvalue weighted by Crippen LogP contribution is -2.37. The molecule has 0 fully saturated rings. The average Bonchev–Trinajstić information content (AvgIpc) is 3.59. The van der Waals surface area contributed by atoms with Gasteiger partial charge in [-0.1, -0.05) is 80.2 Å². The van der Waals surface area contributed by atoms with E-state index in [4.69, 9.17) is 23.2 Å². The van der Waals surface area contributed by atoms with Crippen LogP contribution < -0.4 is 0 Å². The van der Waals surface area contributed by atoms with Crippen molar-refractivity contribution in [3.05, 3.63) is 141 Å². The van der Waals surface area contributed by atoms with E-state index in [9.17, 15) is 4.79 Å². The molecule has 0 atom stereocenters. The van der Waals surface area contributed by atoms with Crippen LogP contribution >= 0.6 is 23.2 Å². The van der Waals surface area contributed by atoms with Crippen LogP contribution in [0.4, 0.5) is 0 Å². The number of halogens is 2. The lowest BCUT2D eigenvalue weighted by molar-refractivity contribution is 0.0715. The molecule has 1 N–H and O–H groups in total. The highest BCUT2D eigenvalue weighted by Gasteiger charge is 2.22. The van der Waals surface area contributed by atoms with Gasteiger partial charge in [0.25, 0.3) is 5.91 Å². The molecule has 0 unspecified atom stereocenters. The van der Waals surface area contributed by atoms with Crippen LogP contribution in [0, 0.1) is 25.7 Å². The fourth-order valence-electron chi connectivity index (χ4n) is 9.01. The van der Waals surface area contributed by atoms with E-state index in [0.717, 1.165) is 111 Å². The topological polar surface area (TPSA) is 65.1 Å². The summed E-state index contributed by atoms with van der Waals surface area (Å²) in [5, 5.41) is 4.94. The lowest BCUT2D eigenvalue weighted by atomic mass is 9.98. The Kier molecular flexibility index (Phi) is 14.8. The number of nitrogens with zero attached hydrogens (tertiary/aromatic N) is 4. The number of H-pyrrole nitrogens is 1. The number of amides is 1. The van der Waals surface area contributed by atoms with Crippen LogP contribution in [0.3, 0.4) is 0 Å². The molecular formula is C53H61Cl2N5O. The van der Waals surface area contributed by atoms with E-state index >= 15 is 0 Å². The minimum absolute atomic E-state index is 0.112. The molecule has 0 radical (unpaired) electrons. The van der Waals surface area contributed by atoms with E-state index in [1.54, 1.807) is 0 Å². The molecule has 0 aliphatic carbocycles. The number of carbonyl (C=O) groups is 1. The predicted octanol–water partition coefficient (Wildman–Crippen LogP) is 13.5. The van der Waals surface area contributed by atoms with Gasteiger partial charge in [0.2, 0.25) is 0 Å². The third-order valence-electron chi connectivity index (χ3n) is 11.7. The highest BCUT2D eigenvalue weighted by atomic mass is 35.5. The lowest BCUT2D eigenvalue weighted by Gasteiger charge is -2.26. The Morgan fingerprint density at radius 1 is 0.623 bits per heavy atom. The number of unbranched alkanes of at least 4 members (excludes halogenated alkanes) is 2. The number of aryl methyl sites for hydroxylation is 4. The summed E-state index contributed by atoms with van der Waals surface area (Å²) in [6.45, 7) is 17.5. The van der Waals surface area contributed by atoms with Crippen molar-refractivity contribution in [2.24, 2.45) is 11.8 Å². The van der Waals surface area contributed by atoms with E-state index in [0.29, 0.717) is 21.9 Å². The maximum atomic E-state index is 14.2. The second-order valence-electron chi connectivity index (χ2n) is 17.9. The molecular weight excluding hydrogens is 794 g/mol. The first kappa shape index (κ1) is 44.3. The monoisotopic (exact) mass is 853 g/mol. The zero-order valence-electron chi connectivity index (χ0n) is 36.8. The summed E-state index contributed by atoms with van der Waals surface area (Å²) in [6.07, 6.45) is 11.0. The van der Waals surface area contributed by atoms with Crippen molar-refractivity contribution >= 4 is 61.8 Å². The van der Waals surface area contributed by atoms with Gasteiger partial charge < -0.3 is 14.8 Å². The number of pyridine rings is 2. The average molecular weight is 855 g/mol. The third-order valence-corrected chi connectivity index (χ3v) is 12.2. The predicted molar refractivity (Wildman–Crippen MR) is 258 cm³/mol. The van der Waals surface area contributed by atoms with Gasteiger partial charge in [0, 0.05) is 75.0 Å². The summed E-state index contributed by atoms with van der Waals surface area (Å²) in [7, 11) is 0. The van der Waals surface area contributed by atoms with Crippen molar-refractivity contribution in [1.82, 2.24) is 24.8 Å². The van der Waals surface area contributed by atoms with Crippen LogP contribution in [-0.4, -0.2) is 63.4 Å². The molecule has 4 aromatic carbocycles. The molecule has 3 heterocycles. The van der Waals surface area contributed by atoms with Gasteiger partial charge in [-0.15, -0.1) is 0 Å². The zero-order chi connectivity index (χ0) is 43.0. The highest BCUT2D eigenvalue weighted by Crippen LogP contribution is 2.34. The van der Waals surface area contributed by atoms with Crippen molar-refractivity contribution in [2.75, 3.05) is 32.7 Å². The van der Waals surface area contributed by atoms with Crippen LogP contribution in [0.5, 0.6) is 0 Å². The van der Waals surface area contributed by atoms with Crippen LogP contribution in [0.25, 0.3) is 44.0 Å². The number of rotatable bonds is 19. The first-order chi connectivity index (χ1) is 29.4. The number of aromatic nitrogens is 3. The molecule has 0 aliphatic rings. The van der Waals surface area contributed by atoms with E-state index in [1.165, 1.54) is 44.2 Å². The zero-order valence-corrected chi connectivity index (χ0v) is 38.3. The Morgan fingerprint density at radius 2 is 1.18 bits per heavy atom. The van der Waals surface area contributed by atoms with E-state index < -0.39 is 0 Å². The Bertz CT molecular complexity index is 2490. The first-order valence-corrected chi connectivity index (χ1v) is 23.0. The molecule has 0 saturated heterocycles. The molecule has 6 nitrogen and oxygen atoms in total. The number of carbonyl (C=O) groups excluding carboxylic acids is 1. The molecule has 3 aromatic heterocycles. The first-order valence-electron chi connectivity index (χ1n) is 22.2. The second-order valence-corrected chi connectivity index (χ2v) is 18.8. The molecule has 0 spiro atoms.